The predicted octanol–water partition coefficient (Wildman–Crippen LogP) is 5.27. The molecule has 5 rings (SSSR count). The molecule has 2 aromatic carbocycles. The van der Waals surface area contributed by atoms with Crippen molar-refractivity contribution >= 4 is 27.7 Å². The number of aromatic nitrogens is 2. The van der Waals surface area contributed by atoms with E-state index in [1.807, 2.05) is 47.2 Å². The lowest BCUT2D eigenvalue weighted by atomic mass is 9.78. The van der Waals surface area contributed by atoms with Crippen molar-refractivity contribution in [3.05, 3.63) is 77.9 Å². The van der Waals surface area contributed by atoms with E-state index in [0.29, 0.717) is 23.5 Å². The molecule has 1 saturated carbocycles. The van der Waals surface area contributed by atoms with Crippen molar-refractivity contribution in [3.8, 4) is 0 Å². The van der Waals surface area contributed by atoms with E-state index in [4.69, 9.17) is 4.74 Å². The number of carbonyl (C=O) groups is 1. The highest BCUT2D eigenvalue weighted by Gasteiger charge is 2.30. The lowest BCUT2D eigenvalue weighted by molar-refractivity contribution is -0.123. The third kappa shape index (κ3) is 4.99. The van der Waals surface area contributed by atoms with Crippen LogP contribution in [0.5, 0.6) is 0 Å². The van der Waals surface area contributed by atoms with Gasteiger partial charge in [0.2, 0.25) is 0 Å². The van der Waals surface area contributed by atoms with Crippen molar-refractivity contribution in [2.24, 2.45) is 11.8 Å². The number of aliphatic hydroxyl groups excluding tert-OH is 1. The molecule has 0 radical (unpaired) electrons. The Morgan fingerprint density at radius 3 is 2.64 bits per heavy atom. The van der Waals surface area contributed by atoms with Crippen LogP contribution in [0.1, 0.15) is 48.7 Å². The predicted molar refractivity (Wildman–Crippen MR) is 138 cm³/mol. The Labute approximate surface area is 210 Å². The van der Waals surface area contributed by atoms with E-state index in [0.717, 1.165) is 47.7 Å². The maximum atomic E-state index is 13.7. The molecule has 0 bridgehead atoms. The third-order valence-corrected chi connectivity index (χ3v) is 7.60. The van der Waals surface area contributed by atoms with E-state index < -0.39 is 6.29 Å². The first kappa shape index (κ1) is 24.4. The molecule has 0 aliphatic heterocycles. The number of ether oxygens (including phenoxy) is 1. The molecule has 0 saturated heterocycles. The standard InChI is InChI=1S/C29H32FN3O3/c1-18(19-6-8-22(9-7-19)29(35)36-2)31-28(34)25-5-3-4-21-14-15-33(27(21)25)17-24-13-11-20-10-12-23(30)16-26(20)32-24/h3-5,10-16,18-19,22,29,35H,6-9,17H2,1-2H3,(H,31,34)/t18-,19?,22?,29?/m0/s1. The summed E-state index contributed by atoms with van der Waals surface area (Å²) in [6.45, 7) is 2.54. The third-order valence-electron chi connectivity index (χ3n) is 7.60. The number of aliphatic hydroxyl groups is 1. The Morgan fingerprint density at radius 1 is 1.11 bits per heavy atom. The number of halogens is 1. The molecule has 36 heavy (non-hydrogen) atoms. The largest absolute Gasteiger partial charge is 0.368 e. The van der Waals surface area contributed by atoms with Crippen LogP contribution in [0, 0.1) is 17.7 Å². The van der Waals surface area contributed by atoms with Crippen molar-refractivity contribution < 1.29 is 19.0 Å². The molecule has 1 fully saturated rings. The van der Waals surface area contributed by atoms with Crippen molar-refractivity contribution in [2.75, 3.05) is 7.11 Å². The van der Waals surface area contributed by atoms with E-state index >= 15 is 0 Å². The van der Waals surface area contributed by atoms with Crippen LogP contribution in [0.15, 0.2) is 60.8 Å². The molecular weight excluding hydrogens is 457 g/mol. The van der Waals surface area contributed by atoms with Crippen LogP contribution in [0.3, 0.4) is 0 Å². The molecular formula is C29H32FN3O3. The number of nitrogens with one attached hydrogen (secondary N) is 1. The molecule has 1 unspecified atom stereocenters. The van der Waals surface area contributed by atoms with Gasteiger partial charge in [0.1, 0.15) is 5.82 Å². The molecule has 0 spiro atoms. The van der Waals surface area contributed by atoms with Crippen LogP contribution in [0.4, 0.5) is 4.39 Å². The van der Waals surface area contributed by atoms with E-state index in [2.05, 4.69) is 17.2 Å². The smallest absolute Gasteiger partial charge is 0.253 e. The highest BCUT2D eigenvalue weighted by Crippen LogP contribution is 2.33. The quantitative estimate of drug-likeness (QED) is 0.347. The molecule has 188 valence electrons. The van der Waals surface area contributed by atoms with Gasteiger partial charge >= 0.3 is 0 Å². The second-order valence-electron chi connectivity index (χ2n) is 9.89. The maximum absolute atomic E-state index is 13.7. The number of methoxy groups -OCH3 is 1. The first-order valence-electron chi connectivity index (χ1n) is 12.6. The zero-order chi connectivity index (χ0) is 25.2. The van der Waals surface area contributed by atoms with Gasteiger partial charge in [0.15, 0.2) is 6.29 Å². The average molecular weight is 490 g/mol. The molecule has 1 aliphatic rings. The first-order valence-corrected chi connectivity index (χ1v) is 12.6. The van der Waals surface area contributed by atoms with Gasteiger partial charge in [-0.1, -0.05) is 18.2 Å². The van der Waals surface area contributed by atoms with E-state index in [1.165, 1.54) is 19.2 Å². The second kappa shape index (κ2) is 10.4. The van der Waals surface area contributed by atoms with Crippen LogP contribution in [0.25, 0.3) is 21.8 Å². The number of amides is 1. The minimum absolute atomic E-state index is 0.0221. The highest BCUT2D eigenvalue weighted by atomic mass is 19.1. The lowest BCUT2D eigenvalue weighted by Crippen LogP contribution is -2.40. The van der Waals surface area contributed by atoms with Crippen LogP contribution in [-0.2, 0) is 11.3 Å². The maximum Gasteiger partial charge on any atom is 0.253 e. The summed E-state index contributed by atoms with van der Waals surface area (Å²) in [5, 5.41) is 15.1. The van der Waals surface area contributed by atoms with Gasteiger partial charge in [0.05, 0.1) is 28.8 Å². The van der Waals surface area contributed by atoms with Crippen molar-refractivity contribution in [1.29, 1.82) is 0 Å². The van der Waals surface area contributed by atoms with E-state index in [-0.39, 0.29) is 23.7 Å². The molecule has 2 heterocycles. The number of para-hydroxylation sites is 1. The number of benzene rings is 2. The summed E-state index contributed by atoms with van der Waals surface area (Å²) in [4.78, 5) is 18.0. The number of nitrogens with zero attached hydrogens (tertiary/aromatic N) is 2. The Kier molecular flexibility index (Phi) is 7.03. The Morgan fingerprint density at radius 2 is 1.86 bits per heavy atom. The number of pyridine rings is 1. The topological polar surface area (TPSA) is 76.4 Å². The van der Waals surface area contributed by atoms with Crippen LogP contribution < -0.4 is 5.32 Å². The Bertz CT molecular complexity index is 1380. The number of fused-ring (bicyclic) bond motifs is 2. The zero-order valence-corrected chi connectivity index (χ0v) is 20.7. The van der Waals surface area contributed by atoms with Crippen molar-refractivity contribution in [2.45, 2.75) is 51.5 Å². The minimum atomic E-state index is -0.711. The van der Waals surface area contributed by atoms with Crippen molar-refractivity contribution in [1.82, 2.24) is 14.9 Å². The fourth-order valence-corrected chi connectivity index (χ4v) is 5.50. The van der Waals surface area contributed by atoms with Crippen LogP contribution >= 0.6 is 0 Å². The summed E-state index contributed by atoms with van der Waals surface area (Å²) in [7, 11) is 1.53. The first-order chi connectivity index (χ1) is 17.4. The van der Waals surface area contributed by atoms with Gasteiger partial charge in [0.25, 0.3) is 5.91 Å². The lowest BCUT2D eigenvalue weighted by Gasteiger charge is -2.34. The zero-order valence-electron chi connectivity index (χ0n) is 20.7. The van der Waals surface area contributed by atoms with Gasteiger partial charge in [0, 0.05) is 42.1 Å². The number of rotatable bonds is 7. The number of hydrogen-bond acceptors (Lipinski definition) is 4. The molecule has 2 atom stereocenters. The SMILES string of the molecule is COC(O)C1CCC([C@H](C)NC(=O)c2cccc3ccn(Cc4ccc5ccc(F)cc5n4)c23)CC1. The van der Waals surface area contributed by atoms with Gasteiger partial charge < -0.3 is 19.7 Å². The van der Waals surface area contributed by atoms with Gasteiger partial charge in [-0.05, 0) is 68.9 Å². The van der Waals surface area contributed by atoms with Crippen LogP contribution in [-0.4, -0.2) is 40.0 Å². The van der Waals surface area contributed by atoms with Gasteiger partial charge in [-0.15, -0.1) is 0 Å². The minimum Gasteiger partial charge on any atom is -0.368 e. The number of hydrogen-bond donors (Lipinski definition) is 2. The molecule has 1 aliphatic carbocycles. The molecule has 4 aromatic rings. The van der Waals surface area contributed by atoms with Gasteiger partial charge in [-0.25, -0.2) is 4.39 Å². The normalized spacial score (nSPS) is 19.9. The van der Waals surface area contributed by atoms with Crippen LogP contribution in [0.2, 0.25) is 0 Å². The summed E-state index contributed by atoms with van der Waals surface area (Å²) in [5.74, 6) is 0.115. The summed E-state index contributed by atoms with van der Waals surface area (Å²) >= 11 is 0. The monoisotopic (exact) mass is 489 g/mol. The molecule has 7 heteroatoms. The summed E-state index contributed by atoms with van der Waals surface area (Å²) in [5.41, 5.74) is 2.89. The van der Waals surface area contributed by atoms with Crippen molar-refractivity contribution in [3.63, 3.8) is 0 Å². The summed E-state index contributed by atoms with van der Waals surface area (Å²) < 4.78 is 20.8. The Balaban J connectivity index is 1.33. The summed E-state index contributed by atoms with van der Waals surface area (Å²) in [6.07, 6.45) is 4.92. The van der Waals surface area contributed by atoms with E-state index in [1.54, 1.807) is 6.07 Å². The summed E-state index contributed by atoms with van der Waals surface area (Å²) in [6, 6.07) is 16.3. The molecule has 6 nitrogen and oxygen atoms in total. The number of carbonyl (C=O) groups excluding carboxylic acids is 1. The molecule has 1 amide bonds. The Hall–Kier alpha value is -3.29. The highest BCUT2D eigenvalue weighted by molar-refractivity contribution is 6.06. The molecule has 2 aromatic heterocycles. The second-order valence-corrected chi connectivity index (χ2v) is 9.89. The fraction of sp³-hybridized carbons (Fsp3) is 0.379. The van der Waals surface area contributed by atoms with Gasteiger partial charge in [-0.2, -0.15) is 0 Å². The van der Waals surface area contributed by atoms with Gasteiger partial charge in [-0.3, -0.25) is 9.78 Å². The fourth-order valence-electron chi connectivity index (χ4n) is 5.50. The average Bonchev–Trinajstić information content (AvgIpc) is 3.30. The molecule has 2 N–H and O–H groups in total. The van der Waals surface area contributed by atoms with E-state index in [9.17, 15) is 14.3 Å².